The van der Waals surface area contributed by atoms with Crippen LogP contribution in [-0.2, 0) is 0 Å². The maximum absolute atomic E-state index is 12.6. The van der Waals surface area contributed by atoms with Gasteiger partial charge in [-0.25, -0.2) is 9.67 Å². The van der Waals surface area contributed by atoms with Gasteiger partial charge in [0.05, 0.1) is 27.7 Å². The summed E-state index contributed by atoms with van der Waals surface area (Å²) in [6.07, 6.45) is 1.45. The molecule has 0 spiro atoms. The van der Waals surface area contributed by atoms with Crippen LogP contribution in [0.25, 0.3) is 11.3 Å². The van der Waals surface area contributed by atoms with Gasteiger partial charge < -0.3 is 5.32 Å². The van der Waals surface area contributed by atoms with E-state index in [2.05, 4.69) is 15.4 Å². The first-order valence-electron chi connectivity index (χ1n) is 8.52. The molecule has 0 aliphatic carbocycles. The quantitative estimate of drug-likeness (QED) is 0.433. The van der Waals surface area contributed by atoms with Crippen molar-refractivity contribution >= 4 is 22.8 Å². The fourth-order valence-corrected chi connectivity index (χ4v) is 3.09. The molecule has 0 fully saturated rings. The number of nitrogens with zero attached hydrogens (tertiary/aromatic N) is 5. The second-order valence-electron chi connectivity index (χ2n) is 6.22. The van der Waals surface area contributed by atoms with Crippen molar-refractivity contribution in [1.29, 1.82) is 0 Å². The second kappa shape index (κ2) is 6.62. The molecular weight excluding hydrogens is 360 g/mol. The van der Waals surface area contributed by atoms with E-state index in [1.54, 1.807) is 29.8 Å². The number of pyridine rings is 1. The lowest BCUT2D eigenvalue weighted by Crippen LogP contribution is -2.20. The Morgan fingerprint density at radius 1 is 1.07 bits per heavy atom. The number of para-hydroxylation sites is 1. The fraction of sp³-hybridized carbons (Fsp3) is 0.105. The summed E-state index contributed by atoms with van der Waals surface area (Å²) in [5, 5.41) is 19.0. The monoisotopic (exact) mass is 376 g/mol. The van der Waals surface area contributed by atoms with Gasteiger partial charge in [0, 0.05) is 6.20 Å². The van der Waals surface area contributed by atoms with E-state index in [0.717, 1.165) is 15.8 Å². The molecule has 0 amide bonds. The van der Waals surface area contributed by atoms with Crippen molar-refractivity contribution in [2.24, 2.45) is 0 Å². The Morgan fingerprint density at radius 2 is 1.79 bits per heavy atom. The molecule has 1 aromatic carbocycles. The van der Waals surface area contributed by atoms with E-state index in [9.17, 15) is 14.9 Å². The van der Waals surface area contributed by atoms with Crippen LogP contribution in [0.3, 0.4) is 0 Å². The van der Waals surface area contributed by atoms with Gasteiger partial charge in [-0.05, 0) is 38.1 Å². The third-order valence-electron chi connectivity index (χ3n) is 4.43. The summed E-state index contributed by atoms with van der Waals surface area (Å²) in [6, 6.07) is 14.5. The highest BCUT2D eigenvalue weighted by Crippen LogP contribution is 2.28. The Kier molecular flexibility index (Phi) is 4.11. The van der Waals surface area contributed by atoms with Gasteiger partial charge in [-0.2, -0.15) is 5.10 Å². The fourth-order valence-electron chi connectivity index (χ4n) is 3.09. The van der Waals surface area contributed by atoms with Gasteiger partial charge >= 0.3 is 11.2 Å². The number of nitrogens with one attached hydrogen (secondary N) is 1. The first-order valence-corrected chi connectivity index (χ1v) is 8.52. The molecule has 1 N–H and O–H groups in total. The van der Waals surface area contributed by atoms with Crippen molar-refractivity contribution in [2.75, 3.05) is 5.32 Å². The Morgan fingerprint density at radius 3 is 2.50 bits per heavy atom. The van der Waals surface area contributed by atoms with E-state index in [1.165, 1.54) is 6.20 Å². The van der Waals surface area contributed by atoms with Gasteiger partial charge in [0.25, 0.3) is 0 Å². The minimum Gasteiger partial charge on any atom is -0.331 e. The average molecular weight is 376 g/mol. The zero-order valence-corrected chi connectivity index (χ0v) is 15.2. The van der Waals surface area contributed by atoms with Gasteiger partial charge in [-0.3, -0.25) is 19.3 Å². The lowest BCUT2D eigenvalue weighted by molar-refractivity contribution is -0.385. The minimum absolute atomic E-state index is 0.111. The standard InChI is InChI=1S/C19H16N6O3/c1-12-16(13(2)24(22-12)14-8-4-3-5-9-14)21-18-17(25(27)28)19(26)23-11-7-6-10-15(23)20-18/h3-11,21H,1-2H3. The van der Waals surface area contributed by atoms with E-state index in [1.807, 2.05) is 37.3 Å². The maximum Gasteiger partial charge on any atom is 0.376 e. The molecule has 9 heteroatoms. The Balaban J connectivity index is 1.87. The molecule has 0 aliphatic rings. The average Bonchev–Trinajstić information content (AvgIpc) is 2.97. The van der Waals surface area contributed by atoms with Gasteiger partial charge in [-0.1, -0.05) is 24.3 Å². The van der Waals surface area contributed by atoms with E-state index < -0.39 is 16.2 Å². The number of benzene rings is 1. The zero-order chi connectivity index (χ0) is 19.8. The minimum atomic E-state index is -0.746. The number of rotatable bonds is 4. The van der Waals surface area contributed by atoms with Gasteiger partial charge in [0.2, 0.25) is 5.82 Å². The molecule has 0 saturated carbocycles. The van der Waals surface area contributed by atoms with Crippen molar-refractivity contribution in [1.82, 2.24) is 19.2 Å². The van der Waals surface area contributed by atoms with Crippen LogP contribution in [0.15, 0.2) is 59.5 Å². The van der Waals surface area contributed by atoms with E-state index >= 15 is 0 Å². The van der Waals surface area contributed by atoms with Crippen LogP contribution < -0.4 is 10.9 Å². The van der Waals surface area contributed by atoms with E-state index in [4.69, 9.17) is 0 Å². The lowest BCUT2D eigenvalue weighted by Gasteiger charge is -2.09. The third-order valence-corrected chi connectivity index (χ3v) is 4.43. The van der Waals surface area contributed by atoms with Crippen molar-refractivity contribution in [2.45, 2.75) is 13.8 Å². The van der Waals surface area contributed by atoms with Gasteiger partial charge in [-0.15, -0.1) is 0 Å². The zero-order valence-electron chi connectivity index (χ0n) is 15.2. The molecule has 4 aromatic rings. The SMILES string of the molecule is Cc1nn(-c2ccccc2)c(C)c1Nc1nc2ccccn2c(=O)c1[N+](=O)[O-]. The summed E-state index contributed by atoms with van der Waals surface area (Å²) in [5.74, 6) is -0.111. The smallest absolute Gasteiger partial charge is 0.331 e. The summed E-state index contributed by atoms with van der Waals surface area (Å²) in [6.45, 7) is 3.63. The van der Waals surface area contributed by atoms with Crippen LogP contribution in [0.5, 0.6) is 0 Å². The van der Waals surface area contributed by atoms with E-state index in [0.29, 0.717) is 17.0 Å². The molecule has 0 atom stereocenters. The topological polar surface area (TPSA) is 107 Å². The van der Waals surface area contributed by atoms with Crippen molar-refractivity contribution < 1.29 is 4.92 Å². The number of anilines is 2. The molecule has 4 rings (SSSR count). The van der Waals surface area contributed by atoms with Crippen LogP contribution in [0, 0.1) is 24.0 Å². The predicted octanol–water partition coefficient (Wildman–Crippen LogP) is 3.15. The molecule has 9 nitrogen and oxygen atoms in total. The van der Waals surface area contributed by atoms with Gasteiger partial charge in [0.1, 0.15) is 5.65 Å². The third kappa shape index (κ3) is 2.78. The number of nitro groups is 1. The molecule has 3 heterocycles. The Labute approximate surface area is 159 Å². The van der Waals surface area contributed by atoms with Crippen molar-refractivity contribution in [3.8, 4) is 5.69 Å². The number of hydrogen-bond acceptors (Lipinski definition) is 6. The molecular formula is C19H16N6O3. The Hall–Kier alpha value is -4.01. The number of aromatic nitrogens is 4. The molecule has 140 valence electrons. The summed E-state index contributed by atoms with van der Waals surface area (Å²) < 4.78 is 2.88. The first-order chi connectivity index (χ1) is 13.5. The molecule has 0 saturated heterocycles. The Bertz CT molecular complexity index is 1260. The largest absolute Gasteiger partial charge is 0.376 e. The van der Waals surface area contributed by atoms with Crippen LogP contribution in [0.2, 0.25) is 0 Å². The van der Waals surface area contributed by atoms with Crippen LogP contribution >= 0.6 is 0 Å². The summed E-state index contributed by atoms with van der Waals surface area (Å²) in [4.78, 5) is 27.7. The highest BCUT2D eigenvalue weighted by atomic mass is 16.6. The molecule has 3 aromatic heterocycles. The van der Waals surface area contributed by atoms with Crippen molar-refractivity contribution in [3.63, 3.8) is 0 Å². The molecule has 0 unspecified atom stereocenters. The number of hydrogen-bond donors (Lipinski definition) is 1. The maximum atomic E-state index is 12.6. The normalized spacial score (nSPS) is 10.9. The van der Waals surface area contributed by atoms with Crippen LogP contribution in [0.4, 0.5) is 17.2 Å². The molecule has 0 bridgehead atoms. The second-order valence-corrected chi connectivity index (χ2v) is 6.22. The molecule has 0 radical (unpaired) electrons. The summed E-state index contributed by atoms with van der Waals surface area (Å²) >= 11 is 0. The number of aryl methyl sites for hydroxylation is 1. The van der Waals surface area contributed by atoms with Crippen molar-refractivity contribution in [3.05, 3.63) is 86.6 Å². The van der Waals surface area contributed by atoms with Crippen LogP contribution in [0.1, 0.15) is 11.4 Å². The first kappa shape index (κ1) is 17.4. The van der Waals surface area contributed by atoms with Crippen LogP contribution in [-0.4, -0.2) is 24.1 Å². The predicted molar refractivity (Wildman–Crippen MR) is 104 cm³/mol. The highest BCUT2D eigenvalue weighted by Gasteiger charge is 2.25. The van der Waals surface area contributed by atoms with E-state index in [-0.39, 0.29) is 5.82 Å². The summed E-state index contributed by atoms with van der Waals surface area (Å²) in [5.41, 5.74) is 1.75. The lowest BCUT2D eigenvalue weighted by atomic mass is 10.3. The molecule has 0 aliphatic heterocycles. The summed E-state index contributed by atoms with van der Waals surface area (Å²) in [7, 11) is 0. The van der Waals surface area contributed by atoms with Gasteiger partial charge in [0.15, 0.2) is 0 Å². The molecule has 28 heavy (non-hydrogen) atoms. The highest BCUT2D eigenvalue weighted by molar-refractivity contribution is 5.70. The number of fused-ring (bicyclic) bond motifs is 1.